The van der Waals surface area contributed by atoms with Gasteiger partial charge in [0.1, 0.15) is 5.75 Å². The van der Waals surface area contributed by atoms with Crippen LogP contribution < -0.4 is 15.4 Å². The van der Waals surface area contributed by atoms with Gasteiger partial charge in [-0.05, 0) is 23.3 Å². The minimum Gasteiger partial charge on any atom is -0.495 e. The third-order valence-corrected chi connectivity index (χ3v) is 3.17. The Kier molecular flexibility index (Phi) is 4.42. The maximum atomic E-state index is 5.60. The molecule has 3 heteroatoms. The lowest BCUT2D eigenvalue weighted by Gasteiger charge is -2.21. The number of methoxy groups -OCH3 is 1. The van der Waals surface area contributed by atoms with Crippen LogP contribution in [-0.4, -0.2) is 14.2 Å². The van der Waals surface area contributed by atoms with Gasteiger partial charge >= 0.3 is 0 Å². The van der Waals surface area contributed by atoms with Gasteiger partial charge in [-0.25, -0.2) is 0 Å². The monoisotopic (exact) mass is 256 g/mol. The molecule has 2 aromatic carbocycles. The topological polar surface area (TPSA) is 38.5 Å². The molecule has 0 atom stereocenters. The molecule has 19 heavy (non-hydrogen) atoms. The molecule has 0 amide bonds. The van der Waals surface area contributed by atoms with Gasteiger partial charge in [0.25, 0.3) is 0 Å². The lowest BCUT2D eigenvalue weighted by atomic mass is 10.1. The van der Waals surface area contributed by atoms with Crippen LogP contribution in [0.2, 0.25) is 0 Å². The molecule has 0 aromatic heterocycles. The molecule has 0 heterocycles. The zero-order chi connectivity index (χ0) is 13.7. The summed E-state index contributed by atoms with van der Waals surface area (Å²) in [4.78, 5) is 2.18. The van der Waals surface area contributed by atoms with Crippen molar-refractivity contribution in [2.75, 3.05) is 19.1 Å². The number of nitrogens with two attached hydrogens (primary N) is 1. The molecule has 2 rings (SSSR count). The summed E-state index contributed by atoms with van der Waals surface area (Å²) in [6.07, 6.45) is 0. The van der Waals surface area contributed by atoms with Crippen LogP contribution in [0.4, 0.5) is 5.69 Å². The SMILES string of the molecule is COc1ccccc1N(C)Cc1ccc(CN)cc1. The van der Waals surface area contributed by atoms with Gasteiger partial charge < -0.3 is 15.4 Å². The number of nitrogens with zero attached hydrogens (tertiary/aromatic N) is 1. The number of anilines is 1. The third-order valence-electron chi connectivity index (χ3n) is 3.17. The van der Waals surface area contributed by atoms with Gasteiger partial charge in [-0.3, -0.25) is 0 Å². The van der Waals surface area contributed by atoms with Crippen LogP contribution in [0.3, 0.4) is 0 Å². The van der Waals surface area contributed by atoms with Crippen molar-refractivity contribution in [2.45, 2.75) is 13.1 Å². The largest absolute Gasteiger partial charge is 0.495 e. The number of hydrogen-bond donors (Lipinski definition) is 1. The van der Waals surface area contributed by atoms with Crippen molar-refractivity contribution in [1.82, 2.24) is 0 Å². The first kappa shape index (κ1) is 13.4. The number of ether oxygens (including phenoxy) is 1. The molecule has 0 saturated heterocycles. The molecule has 0 radical (unpaired) electrons. The summed E-state index contributed by atoms with van der Waals surface area (Å²) in [7, 11) is 3.76. The number of benzene rings is 2. The summed E-state index contributed by atoms with van der Waals surface area (Å²) >= 11 is 0. The van der Waals surface area contributed by atoms with Crippen LogP contribution in [0.1, 0.15) is 11.1 Å². The van der Waals surface area contributed by atoms with E-state index in [1.165, 1.54) is 5.56 Å². The van der Waals surface area contributed by atoms with E-state index in [-0.39, 0.29) is 0 Å². The molecular formula is C16H20N2O. The Morgan fingerprint density at radius 3 is 2.26 bits per heavy atom. The predicted molar refractivity (Wildman–Crippen MR) is 79.4 cm³/mol. The molecule has 0 unspecified atom stereocenters. The Bertz CT molecular complexity index is 523. The summed E-state index contributed by atoms with van der Waals surface area (Å²) in [5, 5.41) is 0. The highest BCUT2D eigenvalue weighted by Crippen LogP contribution is 2.27. The Hall–Kier alpha value is -2.00. The fourth-order valence-electron chi connectivity index (χ4n) is 2.08. The van der Waals surface area contributed by atoms with Gasteiger partial charge in [-0.15, -0.1) is 0 Å². The summed E-state index contributed by atoms with van der Waals surface area (Å²) in [5.41, 5.74) is 9.11. The molecule has 2 aromatic rings. The van der Waals surface area contributed by atoms with Gasteiger partial charge in [0.2, 0.25) is 0 Å². The highest BCUT2D eigenvalue weighted by atomic mass is 16.5. The average Bonchev–Trinajstić information content (AvgIpc) is 2.48. The molecule has 0 fully saturated rings. The maximum absolute atomic E-state index is 5.60. The van der Waals surface area contributed by atoms with Crippen LogP contribution in [0, 0.1) is 0 Å². The Morgan fingerprint density at radius 1 is 1.00 bits per heavy atom. The number of hydrogen-bond acceptors (Lipinski definition) is 3. The first-order valence-electron chi connectivity index (χ1n) is 6.36. The van der Waals surface area contributed by atoms with Gasteiger partial charge in [0, 0.05) is 20.1 Å². The molecular weight excluding hydrogens is 236 g/mol. The lowest BCUT2D eigenvalue weighted by Crippen LogP contribution is -2.17. The van der Waals surface area contributed by atoms with Gasteiger partial charge in [0.05, 0.1) is 12.8 Å². The second-order valence-electron chi connectivity index (χ2n) is 4.55. The second kappa shape index (κ2) is 6.25. The van der Waals surface area contributed by atoms with Crippen LogP contribution in [-0.2, 0) is 13.1 Å². The molecule has 0 saturated carbocycles. The second-order valence-corrected chi connectivity index (χ2v) is 4.55. The van der Waals surface area contributed by atoms with Crippen molar-refractivity contribution in [3.8, 4) is 5.75 Å². The molecule has 100 valence electrons. The van der Waals surface area contributed by atoms with E-state index in [1.807, 2.05) is 18.2 Å². The van der Waals surface area contributed by atoms with Crippen molar-refractivity contribution < 1.29 is 4.74 Å². The predicted octanol–water partition coefficient (Wildman–Crippen LogP) is 2.79. The summed E-state index contributed by atoms with van der Waals surface area (Å²) in [5.74, 6) is 0.892. The molecule has 3 nitrogen and oxygen atoms in total. The zero-order valence-corrected chi connectivity index (χ0v) is 11.5. The van der Waals surface area contributed by atoms with Gasteiger partial charge in [-0.2, -0.15) is 0 Å². The van der Waals surface area contributed by atoms with Crippen LogP contribution >= 0.6 is 0 Å². The molecule has 0 aliphatic rings. The van der Waals surface area contributed by atoms with E-state index >= 15 is 0 Å². The molecule has 0 spiro atoms. The summed E-state index contributed by atoms with van der Waals surface area (Å²) in [6.45, 7) is 1.42. The smallest absolute Gasteiger partial charge is 0.142 e. The van der Waals surface area contributed by atoms with Crippen molar-refractivity contribution in [2.24, 2.45) is 5.73 Å². The van der Waals surface area contributed by atoms with Crippen LogP contribution in [0.25, 0.3) is 0 Å². The summed E-state index contributed by atoms with van der Waals surface area (Å²) in [6, 6.07) is 16.4. The highest BCUT2D eigenvalue weighted by molar-refractivity contribution is 5.58. The van der Waals surface area contributed by atoms with Crippen molar-refractivity contribution in [1.29, 1.82) is 0 Å². The first-order valence-corrected chi connectivity index (χ1v) is 6.36. The maximum Gasteiger partial charge on any atom is 0.142 e. The minimum atomic E-state index is 0.586. The number of para-hydroxylation sites is 2. The molecule has 0 aliphatic heterocycles. The molecule has 0 aliphatic carbocycles. The van der Waals surface area contributed by atoms with Crippen molar-refractivity contribution >= 4 is 5.69 Å². The standard InChI is InChI=1S/C16H20N2O/c1-18(15-5-3-4-6-16(15)19-2)12-14-9-7-13(11-17)8-10-14/h3-10H,11-12,17H2,1-2H3. The Labute approximate surface area is 114 Å². The van der Waals surface area contributed by atoms with E-state index in [1.54, 1.807) is 7.11 Å². The van der Waals surface area contributed by atoms with Crippen LogP contribution in [0.5, 0.6) is 5.75 Å². The average molecular weight is 256 g/mol. The van der Waals surface area contributed by atoms with E-state index in [0.29, 0.717) is 6.54 Å². The fourth-order valence-corrected chi connectivity index (χ4v) is 2.08. The van der Waals surface area contributed by atoms with E-state index in [9.17, 15) is 0 Å². The van der Waals surface area contributed by atoms with Crippen LogP contribution in [0.15, 0.2) is 48.5 Å². The Balaban J connectivity index is 2.13. The highest BCUT2D eigenvalue weighted by Gasteiger charge is 2.07. The van der Waals surface area contributed by atoms with Gasteiger partial charge in [0.15, 0.2) is 0 Å². The van der Waals surface area contributed by atoms with E-state index in [0.717, 1.165) is 23.5 Å². The summed E-state index contributed by atoms with van der Waals surface area (Å²) < 4.78 is 5.38. The molecule has 2 N–H and O–H groups in total. The van der Waals surface area contributed by atoms with Gasteiger partial charge in [-0.1, -0.05) is 36.4 Å². The van der Waals surface area contributed by atoms with Crippen molar-refractivity contribution in [3.63, 3.8) is 0 Å². The quantitative estimate of drug-likeness (QED) is 0.894. The lowest BCUT2D eigenvalue weighted by molar-refractivity contribution is 0.415. The van der Waals surface area contributed by atoms with E-state index < -0.39 is 0 Å². The normalized spacial score (nSPS) is 10.3. The first-order chi connectivity index (χ1) is 9.24. The van der Waals surface area contributed by atoms with E-state index in [4.69, 9.17) is 10.5 Å². The fraction of sp³-hybridized carbons (Fsp3) is 0.250. The minimum absolute atomic E-state index is 0.586. The Morgan fingerprint density at radius 2 is 1.63 bits per heavy atom. The zero-order valence-electron chi connectivity index (χ0n) is 11.5. The molecule has 0 bridgehead atoms. The van der Waals surface area contributed by atoms with E-state index in [2.05, 4.69) is 42.3 Å². The third kappa shape index (κ3) is 3.26. The van der Waals surface area contributed by atoms with Crippen molar-refractivity contribution in [3.05, 3.63) is 59.7 Å². The number of rotatable bonds is 5.